The lowest BCUT2D eigenvalue weighted by atomic mass is 10.1. The van der Waals surface area contributed by atoms with Gasteiger partial charge in [-0.1, -0.05) is 12.1 Å². The molecule has 9 nitrogen and oxygen atoms in total. The maximum Gasteiger partial charge on any atom is 0.221 e. The molecule has 1 aromatic carbocycles. The van der Waals surface area contributed by atoms with E-state index in [-0.39, 0.29) is 5.91 Å². The fourth-order valence-electron chi connectivity index (χ4n) is 3.92. The van der Waals surface area contributed by atoms with E-state index < -0.39 is 0 Å². The second kappa shape index (κ2) is 13.2. The molecule has 1 saturated heterocycles. The van der Waals surface area contributed by atoms with Gasteiger partial charge in [0.1, 0.15) is 17.3 Å². The Labute approximate surface area is 210 Å². The lowest BCUT2D eigenvalue weighted by Crippen LogP contribution is -2.38. The largest absolute Gasteiger partial charge is 0.497 e. The van der Waals surface area contributed by atoms with Gasteiger partial charge in [0, 0.05) is 50.6 Å². The number of aromatic nitrogens is 2. The van der Waals surface area contributed by atoms with E-state index in [1.165, 1.54) is 11.5 Å². The Morgan fingerprint density at radius 1 is 1.26 bits per heavy atom. The van der Waals surface area contributed by atoms with Crippen molar-refractivity contribution >= 4 is 22.6 Å². The number of hydrogen-bond donors (Lipinski definition) is 1. The fourth-order valence-corrected chi connectivity index (χ4v) is 4.63. The van der Waals surface area contributed by atoms with E-state index in [9.17, 15) is 4.79 Å². The maximum atomic E-state index is 12.5. The summed E-state index contributed by atoms with van der Waals surface area (Å²) in [6.07, 6.45) is 3.59. The molecule has 35 heavy (non-hydrogen) atoms. The smallest absolute Gasteiger partial charge is 0.221 e. The zero-order valence-corrected chi connectivity index (χ0v) is 21.0. The van der Waals surface area contributed by atoms with Crippen LogP contribution in [0.15, 0.2) is 47.1 Å². The topological polar surface area (TPSA) is 93.0 Å². The highest BCUT2D eigenvalue weighted by atomic mass is 32.1. The number of rotatable bonds is 13. The molecule has 1 aliphatic rings. The predicted octanol–water partition coefficient (Wildman–Crippen LogP) is 2.97. The van der Waals surface area contributed by atoms with Crippen molar-refractivity contribution in [3.05, 3.63) is 59.8 Å². The van der Waals surface area contributed by atoms with E-state index in [2.05, 4.69) is 19.5 Å². The molecule has 2 aromatic heterocycles. The van der Waals surface area contributed by atoms with Crippen LogP contribution in [0, 0.1) is 0 Å². The average molecular weight is 500 g/mol. The van der Waals surface area contributed by atoms with Crippen LogP contribution in [0.5, 0.6) is 5.75 Å². The van der Waals surface area contributed by atoms with Crippen molar-refractivity contribution in [3.63, 3.8) is 0 Å². The van der Waals surface area contributed by atoms with Gasteiger partial charge in [-0.15, -0.1) is 0 Å². The minimum absolute atomic E-state index is 0.0394. The molecule has 1 N–H and O–H groups in total. The zero-order valence-electron chi connectivity index (χ0n) is 20.1. The normalized spacial score (nSPS) is 14.1. The van der Waals surface area contributed by atoms with Crippen molar-refractivity contribution in [2.24, 2.45) is 0 Å². The van der Waals surface area contributed by atoms with Crippen LogP contribution in [0.2, 0.25) is 0 Å². The average Bonchev–Trinajstić information content (AvgIpc) is 3.57. The molecule has 3 aromatic rings. The lowest BCUT2D eigenvalue weighted by Gasteiger charge is -2.26. The Morgan fingerprint density at radius 3 is 2.94 bits per heavy atom. The van der Waals surface area contributed by atoms with Gasteiger partial charge < -0.3 is 24.1 Å². The van der Waals surface area contributed by atoms with Crippen molar-refractivity contribution in [2.45, 2.75) is 25.8 Å². The van der Waals surface area contributed by atoms with Gasteiger partial charge in [0.2, 0.25) is 11.0 Å². The Balaban J connectivity index is 1.29. The van der Waals surface area contributed by atoms with Crippen LogP contribution in [-0.4, -0.2) is 73.2 Å². The third kappa shape index (κ3) is 8.05. The number of benzene rings is 1. The quantitative estimate of drug-likeness (QED) is 0.359. The molecule has 1 fully saturated rings. The van der Waals surface area contributed by atoms with Gasteiger partial charge >= 0.3 is 0 Å². The number of anilines is 1. The number of amides is 1. The van der Waals surface area contributed by atoms with E-state index >= 15 is 0 Å². The summed E-state index contributed by atoms with van der Waals surface area (Å²) in [5.74, 6) is 2.42. The van der Waals surface area contributed by atoms with Gasteiger partial charge in [-0.05, 0) is 42.8 Å². The van der Waals surface area contributed by atoms with Gasteiger partial charge in [-0.2, -0.15) is 4.37 Å². The van der Waals surface area contributed by atoms with E-state index in [4.69, 9.17) is 18.9 Å². The Hall–Kier alpha value is -2.95. The van der Waals surface area contributed by atoms with Crippen LogP contribution in [-0.2, 0) is 22.5 Å². The minimum atomic E-state index is 0.0394. The van der Waals surface area contributed by atoms with E-state index in [0.29, 0.717) is 32.5 Å². The fraction of sp³-hybridized carbons (Fsp3) is 0.480. The molecule has 0 unspecified atom stereocenters. The third-order valence-corrected chi connectivity index (χ3v) is 6.65. The van der Waals surface area contributed by atoms with Crippen molar-refractivity contribution in [1.82, 2.24) is 19.6 Å². The summed E-state index contributed by atoms with van der Waals surface area (Å²) in [5, 5.41) is 3.82. The number of furan rings is 1. The van der Waals surface area contributed by atoms with Crippen molar-refractivity contribution < 1.29 is 18.7 Å². The highest BCUT2D eigenvalue weighted by molar-refractivity contribution is 7.09. The van der Waals surface area contributed by atoms with Gasteiger partial charge in [0.05, 0.1) is 33.1 Å². The first-order valence-corrected chi connectivity index (χ1v) is 12.8. The second-order valence-electron chi connectivity index (χ2n) is 8.43. The first-order valence-electron chi connectivity index (χ1n) is 12.0. The van der Waals surface area contributed by atoms with Crippen LogP contribution < -0.4 is 15.0 Å². The molecular weight excluding hydrogens is 466 g/mol. The third-order valence-electron chi connectivity index (χ3n) is 5.84. The van der Waals surface area contributed by atoms with E-state index in [1.54, 1.807) is 13.4 Å². The number of nitrogens with zero attached hydrogens (tertiary/aromatic N) is 4. The molecule has 0 bridgehead atoms. The number of morpholine rings is 1. The van der Waals surface area contributed by atoms with E-state index in [0.717, 1.165) is 67.3 Å². The van der Waals surface area contributed by atoms with Gasteiger partial charge in [0.25, 0.3) is 0 Å². The summed E-state index contributed by atoms with van der Waals surface area (Å²) < 4.78 is 20.8. The molecule has 4 rings (SSSR count). The Kier molecular flexibility index (Phi) is 9.50. The number of methoxy groups -OCH3 is 1. The highest BCUT2D eigenvalue weighted by Gasteiger charge is 2.17. The SMILES string of the molecule is COc1cccc(Cc2nsc(N(CCC(=O)NCCCN3CCOCC3)Cc3ccco3)n2)c1. The van der Waals surface area contributed by atoms with Crippen LogP contribution in [0.1, 0.15) is 30.0 Å². The first kappa shape index (κ1) is 25.2. The van der Waals surface area contributed by atoms with Crippen molar-refractivity contribution in [2.75, 3.05) is 57.9 Å². The molecule has 0 spiro atoms. The summed E-state index contributed by atoms with van der Waals surface area (Å²) in [7, 11) is 1.66. The molecule has 0 radical (unpaired) electrons. The summed E-state index contributed by atoms with van der Waals surface area (Å²) in [6, 6.07) is 11.7. The number of ether oxygens (including phenoxy) is 2. The summed E-state index contributed by atoms with van der Waals surface area (Å²) in [6.45, 7) is 6.26. The molecule has 0 saturated carbocycles. The summed E-state index contributed by atoms with van der Waals surface area (Å²) in [5.41, 5.74) is 1.09. The lowest BCUT2D eigenvalue weighted by molar-refractivity contribution is -0.120. The van der Waals surface area contributed by atoms with Gasteiger partial charge in [-0.25, -0.2) is 4.98 Å². The number of nitrogens with one attached hydrogen (secondary N) is 1. The highest BCUT2D eigenvalue weighted by Crippen LogP contribution is 2.23. The van der Waals surface area contributed by atoms with Crippen LogP contribution in [0.25, 0.3) is 0 Å². The number of carbonyl (C=O) groups excluding carboxylic acids is 1. The van der Waals surface area contributed by atoms with Crippen LogP contribution in [0.4, 0.5) is 5.13 Å². The molecule has 3 heterocycles. The maximum absolute atomic E-state index is 12.5. The number of hydrogen-bond acceptors (Lipinski definition) is 9. The Bertz CT molecular complexity index is 1040. The molecule has 0 aliphatic carbocycles. The summed E-state index contributed by atoms with van der Waals surface area (Å²) in [4.78, 5) is 21.7. The monoisotopic (exact) mass is 499 g/mol. The van der Waals surface area contributed by atoms with Gasteiger partial charge in [0.15, 0.2) is 0 Å². The molecule has 0 atom stereocenters. The van der Waals surface area contributed by atoms with Crippen LogP contribution in [0.3, 0.4) is 0 Å². The standard InChI is InChI=1S/C25H33N5O4S/c1-32-21-6-2-5-20(17-21)18-23-27-25(35-28-23)30(19-22-7-3-14-34-22)11-8-24(31)26-9-4-10-29-12-15-33-16-13-29/h2-3,5-7,14,17H,4,8-13,15-16,18-19H2,1H3,(H,26,31). The van der Waals surface area contributed by atoms with Crippen molar-refractivity contribution in [1.29, 1.82) is 0 Å². The Morgan fingerprint density at radius 2 is 2.14 bits per heavy atom. The zero-order chi connectivity index (χ0) is 24.3. The van der Waals surface area contributed by atoms with Gasteiger partial charge in [-0.3, -0.25) is 9.69 Å². The predicted molar refractivity (Wildman–Crippen MR) is 135 cm³/mol. The summed E-state index contributed by atoms with van der Waals surface area (Å²) >= 11 is 1.34. The first-order chi connectivity index (χ1) is 17.2. The molecule has 1 amide bonds. The van der Waals surface area contributed by atoms with E-state index in [1.807, 2.05) is 36.4 Å². The number of carbonyl (C=O) groups is 1. The molecule has 188 valence electrons. The second-order valence-corrected chi connectivity index (χ2v) is 9.16. The molecule has 1 aliphatic heterocycles. The molecule has 10 heteroatoms. The molecular formula is C25H33N5O4S. The minimum Gasteiger partial charge on any atom is -0.497 e. The van der Waals surface area contributed by atoms with Crippen molar-refractivity contribution in [3.8, 4) is 5.75 Å². The van der Waals surface area contributed by atoms with Crippen LogP contribution >= 0.6 is 11.5 Å².